The Morgan fingerprint density at radius 2 is 1.56 bits per heavy atom. The summed E-state index contributed by atoms with van der Waals surface area (Å²) in [6.07, 6.45) is 10.4. The Labute approximate surface area is 196 Å². The molecule has 0 saturated carbocycles. The number of rotatable bonds is 11. The minimum atomic E-state index is 0.0281. The third-order valence-corrected chi connectivity index (χ3v) is 6.23. The molecule has 32 heavy (non-hydrogen) atoms. The summed E-state index contributed by atoms with van der Waals surface area (Å²) in [5.74, 6) is 0.0281. The van der Waals surface area contributed by atoms with Crippen molar-refractivity contribution in [2.24, 2.45) is 4.99 Å². The molecule has 4 nitrogen and oxygen atoms in total. The van der Waals surface area contributed by atoms with E-state index in [1.807, 2.05) is 83.8 Å². The molecule has 1 heterocycles. The fourth-order valence-corrected chi connectivity index (χ4v) is 4.31. The van der Waals surface area contributed by atoms with E-state index in [9.17, 15) is 4.79 Å². The number of amides is 1. The van der Waals surface area contributed by atoms with Crippen molar-refractivity contribution in [2.45, 2.75) is 39.5 Å². The molecule has 0 radical (unpaired) electrons. The molecule has 5 heteroatoms. The van der Waals surface area contributed by atoms with E-state index in [0.717, 1.165) is 55.2 Å². The van der Waals surface area contributed by atoms with Crippen LogP contribution >= 0.6 is 11.8 Å². The number of hydrogen-bond acceptors (Lipinski definition) is 4. The molecule has 0 bridgehead atoms. The van der Waals surface area contributed by atoms with Gasteiger partial charge in [-0.1, -0.05) is 87.4 Å². The number of para-hydroxylation sites is 1. The van der Waals surface area contributed by atoms with E-state index in [1.54, 1.807) is 0 Å². The minimum Gasteiger partial charge on any atom is -0.286 e. The van der Waals surface area contributed by atoms with Gasteiger partial charge in [-0.15, -0.1) is 0 Å². The minimum absolute atomic E-state index is 0.0281. The second kappa shape index (κ2) is 13.0. The zero-order valence-corrected chi connectivity index (χ0v) is 19.9. The molecule has 0 spiro atoms. The van der Waals surface area contributed by atoms with Crippen LogP contribution in [-0.2, 0) is 4.79 Å². The van der Waals surface area contributed by atoms with Crippen molar-refractivity contribution >= 4 is 34.6 Å². The average molecular weight is 448 g/mol. The van der Waals surface area contributed by atoms with Crippen LogP contribution in [0.25, 0.3) is 6.08 Å². The molecule has 2 aromatic rings. The molecule has 2 aromatic carbocycles. The number of aliphatic imine (C=N–C) groups is 1. The lowest BCUT2D eigenvalue weighted by Gasteiger charge is -2.27. The molecule has 1 saturated heterocycles. The zero-order valence-electron chi connectivity index (χ0n) is 19.1. The van der Waals surface area contributed by atoms with E-state index in [0.29, 0.717) is 11.6 Å². The summed E-state index contributed by atoms with van der Waals surface area (Å²) in [6.45, 7) is 6.98. The van der Waals surface area contributed by atoms with E-state index in [2.05, 4.69) is 18.7 Å². The smallest absolute Gasteiger partial charge is 0.267 e. The topological polar surface area (TPSA) is 35.9 Å². The van der Waals surface area contributed by atoms with Gasteiger partial charge in [-0.2, -0.15) is 0 Å². The Hall–Kier alpha value is -2.63. The lowest BCUT2D eigenvalue weighted by atomic mass is 10.2. The number of unbranched alkanes of at least 4 members (excludes halogenated alkanes) is 2. The molecule has 1 amide bonds. The molecule has 1 aliphatic heterocycles. The Morgan fingerprint density at radius 3 is 2.19 bits per heavy atom. The Balaban J connectivity index is 1.83. The first-order valence-electron chi connectivity index (χ1n) is 11.5. The fraction of sp³-hybridized carbons (Fsp3) is 0.333. The van der Waals surface area contributed by atoms with Gasteiger partial charge >= 0.3 is 0 Å². The second-order valence-electron chi connectivity index (χ2n) is 7.83. The molecule has 0 unspecified atom stereocenters. The number of nitrogens with zero attached hydrogens (tertiary/aromatic N) is 3. The third kappa shape index (κ3) is 7.21. The number of hydrogen-bond donors (Lipinski definition) is 0. The normalized spacial score (nSPS) is 16.8. The van der Waals surface area contributed by atoms with Crippen LogP contribution in [0.5, 0.6) is 0 Å². The van der Waals surface area contributed by atoms with Gasteiger partial charge < -0.3 is 0 Å². The van der Waals surface area contributed by atoms with Crippen LogP contribution in [0.2, 0.25) is 0 Å². The zero-order chi connectivity index (χ0) is 22.6. The highest BCUT2D eigenvalue weighted by molar-refractivity contribution is 8.18. The summed E-state index contributed by atoms with van der Waals surface area (Å²) >= 11 is 1.46. The van der Waals surface area contributed by atoms with E-state index in [4.69, 9.17) is 4.99 Å². The fourth-order valence-electron chi connectivity index (χ4n) is 3.37. The van der Waals surface area contributed by atoms with Crippen LogP contribution in [0.15, 0.2) is 82.7 Å². The molecule has 1 fully saturated rings. The number of benzene rings is 2. The van der Waals surface area contributed by atoms with E-state index in [-0.39, 0.29) is 5.91 Å². The lowest BCUT2D eigenvalue weighted by Crippen LogP contribution is -2.41. The molecular formula is C27H33N3OS. The summed E-state index contributed by atoms with van der Waals surface area (Å²) in [4.78, 5) is 23.1. The van der Waals surface area contributed by atoms with Gasteiger partial charge in [-0.3, -0.25) is 14.6 Å². The first-order valence-corrected chi connectivity index (χ1v) is 12.3. The van der Waals surface area contributed by atoms with Crippen molar-refractivity contribution in [3.8, 4) is 0 Å². The maximum Gasteiger partial charge on any atom is 0.267 e. The molecule has 168 valence electrons. The highest BCUT2D eigenvalue weighted by Crippen LogP contribution is 2.33. The van der Waals surface area contributed by atoms with E-state index < -0.39 is 0 Å². The van der Waals surface area contributed by atoms with Gasteiger partial charge in [0.05, 0.1) is 17.3 Å². The lowest BCUT2D eigenvalue weighted by molar-refractivity contribution is -0.123. The van der Waals surface area contributed by atoms with Gasteiger partial charge in [0.25, 0.3) is 5.91 Å². The first kappa shape index (κ1) is 24.0. The highest BCUT2D eigenvalue weighted by atomic mass is 32.2. The van der Waals surface area contributed by atoms with Crippen molar-refractivity contribution in [2.75, 3.05) is 19.8 Å². The Morgan fingerprint density at radius 1 is 0.938 bits per heavy atom. The number of carbonyl (C=O) groups is 1. The third-order valence-electron chi connectivity index (χ3n) is 5.20. The quantitative estimate of drug-likeness (QED) is 0.359. The average Bonchev–Trinajstić information content (AvgIpc) is 3.11. The molecule has 0 atom stereocenters. The van der Waals surface area contributed by atoms with Crippen molar-refractivity contribution < 1.29 is 4.79 Å². The van der Waals surface area contributed by atoms with Gasteiger partial charge in [0.2, 0.25) is 0 Å². The number of carbonyl (C=O) groups excluding carboxylic acids is 1. The van der Waals surface area contributed by atoms with Crippen molar-refractivity contribution in [3.63, 3.8) is 0 Å². The number of amidine groups is 1. The van der Waals surface area contributed by atoms with Crippen molar-refractivity contribution in [1.82, 2.24) is 9.80 Å². The standard InChI is InChI=1S/C27H33N3OS/c1-3-5-20-29(21-6-4-2)22-30-26(31)25(19-13-16-23-14-9-7-10-15-23)32-27(30)28-24-17-11-8-12-18-24/h7-19H,3-6,20-22H2,1-2H3. The van der Waals surface area contributed by atoms with Crippen LogP contribution in [0.3, 0.4) is 0 Å². The predicted molar refractivity (Wildman–Crippen MR) is 138 cm³/mol. The van der Waals surface area contributed by atoms with Crippen molar-refractivity contribution in [1.29, 1.82) is 0 Å². The summed E-state index contributed by atoms with van der Waals surface area (Å²) in [5, 5.41) is 0.749. The summed E-state index contributed by atoms with van der Waals surface area (Å²) in [6, 6.07) is 20.0. The SMILES string of the molecule is CCCCN(CCCC)CN1C(=O)C(=CC=Cc2ccccc2)SC1=Nc1ccccc1. The van der Waals surface area contributed by atoms with Crippen LogP contribution in [-0.4, -0.2) is 40.6 Å². The molecule has 1 aliphatic rings. The molecule has 0 aliphatic carbocycles. The van der Waals surface area contributed by atoms with Gasteiger partial charge in [0.1, 0.15) is 0 Å². The summed E-state index contributed by atoms with van der Waals surface area (Å²) in [5.41, 5.74) is 1.97. The Bertz CT molecular complexity index is 930. The van der Waals surface area contributed by atoms with Crippen LogP contribution < -0.4 is 0 Å². The monoisotopic (exact) mass is 447 g/mol. The first-order chi connectivity index (χ1) is 15.7. The number of allylic oxidation sites excluding steroid dienone is 2. The van der Waals surface area contributed by atoms with Gasteiger partial charge in [0.15, 0.2) is 5.17 Å². The predicted octanol–water partition coefficient (Wildman–Crippen LogP) is 6.71. The van der Waals surface area contributed by atoms with E-state index >= 15 is 0 Å². The largest absolute Gasteiger partial charge is 0.286 e. The van der Waals surface area contributed by atoms with Gasteiger partial charge in [-0.05, 0) is 61.5 Å². The van der Waals surface area contributed by atoms with Gasteiger partial charge in [0, 0.05) is 0 Å². The summed E-state index contributed by atoms with van der Waals surface area (Å²) < 4.78 is 0. The molecule has 0 aromatic heterocycles. The molecule has 0 N–H and O–H groups in total. The van der Waals surface area contributed by atoms with Crippen LogP contribution in [0.4, 0.5) is 5.69 Å². The van der Waals surface area contributed by atoms with Crippen LogP contribution in [0, 0.1) is 0 Å². The number of thioether (sulfide) groups is 1. The molecule has 3 rings (SSSR count). The van der Waals surface area contributed by atoms with Gasteiger partial charge in [-0.25, -0.2) is 4.99 Å². The Kier molecular flexibility index (Phi) is 9.79. The summed E-state index contributed by atoms with van der Waals surface area (Å²) in [7, 11) is 0. The second-order valence-corrected chi connectivity index (χ2v) is 8.84. The van der Waals surface area contributed by atoms with E-state index in [1.165, 1.54) is 11.8 Å². The van der Waals surface area contributed by atoms with Crippen LogP contribution in [0.1, 0.15) is 45.1 Å². The molecular weight excluding hydrogens is 414 g/mol. The maximum atomic E-state index is 13.3. The maximum absolute atomic E-state index is 13.3. The van der Waals surface area contributed by atoms with Crippen molar-refractivity contribution in [3.05, 3.63) is 83.3 Å². The highest BCUT2D eigenvalue weighted by Gasteiger charge is 2.34.